The summed E-state index contributed by atoms with van der Waals surface area (Å²) < 4.78 is 0. The summed E-state index contributed by atoms with van der Waals surface area (Å²) in [5, 5.41) is 21.8. The van der Waals surface area contributed by atoms with Crippen LogP contribution in [-0.4, -0.2) is 27.9 Å². The van der Waals surface area contributed by atoms with Gasteiger partial charge in [-0.1, -0.05) is 23.9 Å². The Bertz CT molecular complexity index is 732. The number of amidine groups is 1. The van der Waals surface area contributed by atoms with E-state index in [1.165, 1.54) is 11.8 Å². The Kier molecular flexibility index (Phi) is 5.49. The summed E-state index contributed by atoms with van der Waals surface area (Å²) in [4.78, 5) is 23.9. The van der Waals surface area contributed by atoms with Crippen LogP contribution in [0.1, 0.15) is 25.8 Å². The number of rotatable bonds is 4. The Hall–Kier alpha value is -2.66. The maximum atomic E-state index is 12.1. The molecular weight excluding hydrogens is 314 g/mol. The number of hydrogen-bond acceptors (Lipinski definition) is 6. The highest BCUT2D eigenvalue weighted by Crippen LogP contribution is 2.23. The highest BCUT2D eigenvalue weighted by atomic mass is 32.2. The summed E-state index contributed by atoms with van der Waals surface area (Å²) in [6, 6.07) is 8.70. The van der Waals surface area contributed by atoms with Crippen molar-refractivity contribution in [2.45, 2.75) is 25.5 Å². The van der Waals surface area contributed by atoms with Crippen LogP contribution in [0, 0.1) is 11.3 Å². The zero-order valence-corrected chi connectivity index (χ0v) is 13.5. The molecule has 7 nitrogen and oxygen atoms in total. The van der Waals surface area contributed by atoms with Crippen LogP contribution in [0.15, 0.2) is 34.5 Å². The Labute approximate surface area is 137 Å². The van der Waals surface area contributed by atoms with Crippen LogP contribution < -0.4 is 10.6 Å². The quantitative estimate of drug-likeness (QED) is 0.649. The molecule has 1 fully saturated rings. The first-order chi connectivity index (χ1) is 11.0. The van der Waals surface area contributed by atoms with Gasteiger partial charge in [0.25, 0.3) is 0 Å². The first-order valence-corrected chi connectivity index (χ1v) is 7.73. The third-order valence-electron chi connectivity index (χ3n) is 2.81. The van der Waals surface area contributed by atoms with Crippen LogP contribution in [0.3, 0.4) is 0 Å². The van der Waals surface area contributed by atoms with Gasteiger partial charge in [0.1, 0.15) is 11.3 Å². The first-order valence-electron chi connectivity index (χ1n) is 6.85. The van der Waals surface area contributed by atoms with Gasteiger partial charge in [0.2, 0.25) is 11.8 Å². The van der Waals surface area contributed by atoms with E-state index >= 15 is 0 Å². The zero-order chi connectivity index (χ0) is 16.8. The van der Waals surface area contributed by atoms with E-state index in [4.69, 9.17) is 5.26 Å². The molecule has 2 amide bonds. The SMILES string of the molecule is CC(C)=N/N=C1/NC(=O)C(CC(=O)Nc2ccccc2C#N)S1. The van der Waals surface area contributed by atoms with Crippen molar-refractivity contribution >= 4 is 40.1 Å². The van der Waals surface area contributed by atoms with Crippen molar-refractivity contribution in [3.63, 3.8) is 0 Å². The fourth-order valence-corrected chi connectivity index (χ4v) is 2.71. The topological polar surface area (TPSA) is 107 Å². The van der Waals surface area contributed by atoms with Crippen LogP contribution in [0.5, 0.6) is 0 Å². The smallest absolute Gasteiger partial charge is 0.240 e. The predicted molar refractivity (Wildman–Crippen MR) is 90.1 cm³/mol. The van der Waals surface area contributed by atoms with E-state index < -0.39 is 5.25 Å². The summed E-state index contributed by atoms with van der Waals surface area (Å²) in [5.74, 6) is -0.613. The molecule has 2 rings (SSSR count). The number of hydrogen-bond donors (Lipinski definition) is 2. The second-order valence-electron chi connectivity index (χ2n) is 4.96. The van der Waals surface area contributed by atoms with Gasteiger partial charge in [-0.3, -0.25) is 9.59 Å². The molecule has 0 spiro atoms. The van der Waals surface area contributed by atoms with E-state index in [1.54, 1.807) is 38.1 Å². The largest absolute Gasteiger partial charge is 0.325 e. The minimum atomic E-state index is -0.560. The number of para-hydroxylation sites is 1. The molecule has 1 heterocycles. The van der Waals surface area contributed by atoms with Crippen LogP contribution in [-0.2, 0) is 9.59 Å². The number of anilines is 1. The van der Waals surface area contributed by atoms with Gasteiger partial charge in [0.05, 0.1) is 11.3 Å². The first kappa shape index (κ1) is 16.7. The molecule has 1 atom stereocenters. The summed E-state index contributed by atoms with van der Waals surface area (Å²) in [7, 11) is 0. The second kappa shape index (κ2) is 7.56. The van der Waals surface area contributed by atoms with E-state index in [1.807, 2.05) is 6.07 Å². The van der Waals surface area contributed by atoms with Gasteiger partial charge in [-0.15, -0.1) is 5.10 Å². The molecule has 0 saturated carbocycles. The number of carbonyl (C=O) groups excluding carboxylic acids is 2. The van der Waals surface area contributed by atoms with Gasteiger partial charge < -0.3 is 10.6 Å². The van der Waals surface area contributed by atoms with E-state index in [2.05, 4.69) is 20.8 Å². The van der Waals surface area contributed by atoms with Crippen molar-refractivity contribution in [2.75, 3.05) is 5.32 Å². The maximum Gasteiger partial charge on any atom is 0.240 e. The molecule has 2 N–H and O–H groups in total. The average Bonchev–Trinajstić information content (AvgIpc) is 2.85. The Morgan fingerprint density at radius 3 is 2.87 bits per heavy atom. The number of nitrogens with zero attached hydrogens (tertiary/aromatic N) is 3. The normalized spacial score (nSPS) is 18.2. The minimum absolute atomic E-state index is 0.00982. The lowest BCUT2D eigenvalue weighted by atomic mass is 10.2. The van der Waals surface area contributed by atoms with Gasteiger partial charge in [0.15, 0.2) is 5.17 Å². The molecule has 0 aliphatic carbocycles. The van der Waals surface area contributed by atoms with Crippen LogP contribution >= 0.6 is 11.8 Å². The molecule has 23 heavy (non-hydrogen) atoms. The lowest BCUT2D eigenvalue weighted by molar-refractivity contribution is -0.122. The molecule has 1 aliphatic heterocycles. The van der Waals surface area contributed by atoms with Gasteiger partial charge in [-0.25, -0.2) is 0 Å². The van der Waals surface area contributed by atoms with Crippen molar-refractivity contribution in [3.8, 4) is 6.07 Å². The zero-order valence-electron chi connectivity index (χ0n) is 12.7. The molecule has 1 unspecified atom stereocenters. The molecule has 0 aromatic heterocycles. The van der Waals surface area contributed by atoms with Gasteiger partial charge in [0, 0.05) is 12.1 Å². The van der Waals surface area contributed by atoms with Crippen molar-refractivity contribution in [3.05, 3.63) is 29.8 Å². The molecule has 1 saturated heterocycles. The van der Waals surface area contributed by atoms with E-state index in [9.17, 15) is 9.59 Å². The summed E-state index contributed by atoms with van der Waals surface area (Å²) in [6.45, 7) is 3.59. The van der Waals surface area contributed by atoms with Crippen LogP contribution in [0.25, 0.3) is 0 Å². The Balaban J connectivity index is 1.98. The van der Waals surface area contributed by atoms with Crippen molar-refractivity contribution in [2.24, 2.45) is 10.2 Å². The van der Waals surface area contributed by atoms with Crippen molar-refractivity contribution in [1.29, 1.82) is 5.26 Å². The number of amides is 2. The third-order valence-corrected chi connectivity index (χ3v) is 3.88. The molecule has 0 radical (unpaired) electrons. The number of nitrogens with one attached hydrogen (secondary N) is 2. The molecular formula is C15H15N5O2S. The fourth-order valence-electron chi connectivity index (χ4n) is 1.79. The minimum Gasteiger partial charge on any atom is -0.325 e. The van der Waals surface area contributed by atoms with Crippen molar-refractivity contribution < 1.29 is 9.59 Å². The highest BCUT2D eigenvalue weighted by Gasteiger charge is 2.32. The molecule has 1 aromatic carbocycles. The Morgan fingerprint density at radius 2 is 2.17 bits per heavy atom. The monoisotopic (exact) mass is 329 g/mol. The van der Waals surface area contributed by atoms with Gasteiger partial charge in [-0.05, 0) is 26.0 Å². The van der Waals surface area contributed by atoms with Gasteiger partial charge >= 0.3 is 0 Å². The number of thioether (sulfide) groups is 1. The molecule has 1 aliphatic rings. The summed E-state index contributed by atoms with van der Waals surface area (Å²) >= 11 is 1.17. The van der Waals surface area contributed by atoms with Gasteiger partial charge in [-0.2, -0.15) is 10.4 Å². The lowest BCUT2D eigenvalue weighted by Crippen LogP contribution is -2.28. The molecule has 0 bridgehead atoms. The summed E-state index contributed by atoms with van der Waals surface area (Å²) in [6.07, 6.45) is -0.00982. The van der Waals surface area contributed by atoms with E-state index in [-0.39, 0.29) is 18.2 Å². The average molecular weight is 329 g/mol. The van der Waals surface area contributed by atoms with Crippen molar-refractivity contribution in [1.82, 2.24) is 5.32 Å². The predicted octanol–water partition coefficient (Wildman–Crippen LogP) is 1.87. The number of benzene rings is 1. The number of nitriles is 1. The summed E-state index contributed by atoms with van der Waals surface area (Å²) in [5.41, 5.74) is 1.57. The lowest BCUT2D eigenvalue weighted by Gasteiger charge is -2.08. The fraction of sp³-hybridized carbons (Fsp3) is 0.267. The number of carbonyl (C=O) groups is 2. The van der Waals surface area contributed by atoms with Crippen LogP contribution in [0.4, 0.5) is 5.69 Å². The van der Waals surface area contributed by atoms with E-state index in [0.717, 1.165) is 5.71 Å². The maximum absolute atomic E-state index is 12.1. The molecule has 118 valence electrons. The Morgan fingerprint density at radius 1 is 1.43 bits per heavy atom. The van der Waals surface area contributed by atoms with E-state index in [0.29, 0.717) is 16.4 Å². The second-order valence-corrected chi connectivity index (χ2v) is 6.15. The third kappa shape index (κ3) is 4.66. The standard InChI is InChI=1S/C15H15N5O2S/c1-9(2)19-20-15-18-14(22)12(23-15)7-13(21)17-11-6-4-3-5-10(11)8-16/h3-6,12H,7H2,1-2H3,(H,17,21)(H,18,20,22). The molecule has 1 aromatic rings. The highest BCUT2D eigenvalue weighted by molar-refractivity contribution is 8.15. The van der Waals surface area contributed by atoms with Crippen LogP contribution in [0.2, 0.25) is 0 Å². The molecule has 8 heteroatoms.